The minimum Gasteiger partial charge on any atom is -0.429 e. The Hall–Kier alpha value is -0.870. The topological polar surface area (TPSA) is 44.8 Å². The van der Waals surface area contributed by atoms with Gasteiger partial charge < -0.3 is 14.2 Å². The van der Waals surface area contributed by atoms with Crippen LogP contribution in [0.5, 0.6) is 0 Å². The predicted octanol–water partition coefficient (Wildman–Crippen LogP) is 1.26. The van der Waals surface area contributed by atoms with Crippen molar-refractivity contribution in [2.24, 2.45) is 0 Å². The van der Waals surface area contributed by atoms with Crippen LogP contribution in [0.25, 0.3) is 0 Å². The second kappa shape index (κ2) is 4.11. The normalized spacial score (nSPS) is 25.5. The molecule has 0 saturated carbocycles. The SMILES string of the molecule is C=C(C)C(=O)OC1OCCOC1(C)C. The Morgan fingerprint density at radius 1 is 1.50 bits per heavy atom. The van der Waals surface area contributed by atoms with E-state index in [-0.39, 0.29) is 0 Å². The van der Waals surface area contributed by atoms with E-state index >= 15 is 0 Å². The number of hydrogen-bond acceptors (Lipinski definition) is 4. The number of carbonyl (C=O) groups is 1. The summed E-state index contributed by atoms with van der Waals surface area (Å²) in [5.41, 5.74) is -0.237. The summed E-state index contributed by atoms with van der Waals surface area (Å²) in [5.74, 6) is -0.450. The molecule has 1 heterocycles. The highest BCUT2D eigenvalue weighted by Crippen LogP contribution is 2.23. The molecule has 1 rings (SSSR count). The molecule has 0 bridgehead atoms. The third-order valence-electron chi connectivity index (χ3n) is 1.96. The maximum atomic E-state index is 11.2. The van der Waals surface area contributed by atoms with Crippen molar-refractivity contribution in [2.75, 3.05) is 13.2 Å². The minimum absolute atomic E-state index is 0.356. The van der Waals surface area contributed by atoms with E-state index in [1.165, 1.54) is 0 Å². The summed E-state index contributed by atoms with van der Waals surface area (Å²) in [6, 6.07) is 0. The van der Waals surface area contributed by atoms with Gasteiger partial charge in [0.2, 0.25) is 6.29 Å². The summed E-state index contributed by atoms with van der Waals surface area (Å²) >= 11 is 0. The van der Waals surface area contributed by atoms with E-state index < -0.39 is 17.9 Å². The van der Waals surface area contributed by atoms with E-state index in [9.17, 15) is 4.79 Å². The molecule has 0 aromatic rings. The standard InChI is InChI=1S/C10H16O4/c1-7(2)8(11)14-9-10(3,4)13-6-5-12-9/h9H,1,5-6H2,2-4H3. The zero-order valence-corrected chi connectivity index (χ0v) is 8.83. The molecule has 1 atom stereocenters. The molecule has 80 valence electrons. The zero-order valence-electron chi connectivity index (χ0n) is 8.83. The van der Waals surface area contributed by atoms with Crippen LogP contribution >= 0.6 is 0 Å². The Labute approximate surface area is 83.8 Å². The quantitative estimate of drug-likeness (QED) is 0.497. The summed E-state index contributed by atoms with van der Waals surface area (Å²) in [4.78, 5) is 11.2. The molecule has 1 fully saturated rings. The average Bonchev–Trinajstić information content (AvgIpc) is 2.08. The van der Waals surface area contributed by atoms with Crippen LogP contribution in [0.1, 0.15) is 20.8 Å². The number of esters is 1. The van der Waals surface area contributed by atoms with Crippen molar-refractivity contribution < 1.29 is 19.0 Å². The Balaban J connectivity index is 2.58. The van der Waals surface area contributed by atoms with Crippen molar-refractivity contribution in [2.45, 2.75) is 32.7 Å². The van der Waals surface area contributed by atoms with E-state index in [4.69, 9.17) is 14.2 Å². The van der Waals surface area contributed by atoms with Crippen molar-refractivity contribution in [1.29, 1.82) is 0 Å². The minimum atomic E-state index is -0.652. The monoisotopic (exact) mass is 200 g/mol. The van der Waals surface area contributed by atoms with Gasteiger partial charge in [-0.2, -0.15) is 0 Å². The molecule has 1 saturated heterocycles. The van der Waals surface area contributed by atoms with Crippen LogP contribution in [0.3, 0.4) is 0 Å². The number of carbonyl (C=O) groups excluding carboxylic acids is 1. The highest BCUT2D eigenvalue weighted by Gasteiger charge is 2.37. The van der Waals surface area contributed by atoms with Crippen molar-refractivity contribution in [1.82, 2.24) is 0 Å². The molecule has 0 aromatic heterocycles. The van der Waals surface area contributed by atoms with Gasteiger partial charge in [-0.1, -0.05) is 6.58 Å². The van der Waals surface area contributed by atoms with Gasteiger partial charge in [-0.15, -0.1) is 0 Å². The van der Waals surface area contributed by atoms with Gasteiger partial charge >= 0.3 is 5.97 Å². The first kappa shape index (κ1) is 11.2. The Morgan fingerprint density at radius 3 is 2.64 bits per heavy atom. The molecule has 0 radical (unpaired) electrons. The van der Waals surface area contributed by atoms with Crippen molar-refractivity contribution >= 4 is 5.97 Å². The van der Waals surface area contributed by atoms with Crippen LogP contribution in [-0.2, 0) is 19.0 Å². The molecule has 0 amide bonds. The molecule has 1 aliphatic rings. The van der Waals surface area contributed by atoms with E-state index in [1.54, 1.807) is 6.92 Å². The fraction of sp³-hybridized carbons (Fsp3) is 0.700. The van der Waals surface area contributed by atoms with Gasteiger partial charge in [0.1, 0.15) is 5.60 Å². The van der Waals surface area contributed by atoms with E-state index in [2.05, 4.69) is 6.58 Å². The van der Waals surface area contributed by atoms with Crippen LogP contribution in [0, 0.1) is 0 Å². The van der Waals surface area contributed by atoms with E-state index in [1.807, 2.05) is 13.8 Å². The van der Waals surface area contributed by atoms with Gasteiger partial charge in [-0.25, -0.2) is 4.79 Å². The lowest BCUT2D eigenvalue weighted by molar-refractivity contribution is -0.272. The van der Waals surface area contributed by atoms with Gasteiger partial charge in [0.25, 0.3) is 0 Å². The second-order valence-corrected chi connectivity index (χ2v) is 3.84. The molecule has 1 unspecified atom stereocenters. The van der Waals surface area contributed by atoms with Crippen LogP contribution < -0.4 is 0 Å². The van der Waals surface area contributed by atoms with E-state index in [0.717, 1.165) is 0 Å². The largest absolute Gasteiger partial charge is 0.429 e. The first-order valence-corrected chi connectivity index (χ1v) is 4.55. The molecule has 4 nitrogen and oxygen atoms in total. The van der Waals surface area contributed by atoms with Gasteiger partial charge in [0, 0.05) is 5.57 Å². The van der Waals surface area contributed by atoms with Crippen LogP contribution in [0.2, 0.25) is 0 Å². The molecule has 0 N–H and O–H groups in total. The first-order valence-electron chi connectivity index (χ1n) is 4.55. The highest BCUT2D eigenvalue weighted by molar-refractivity contribution is 5.87. The Morgan fingerprint density at radius 2 is 2.14 bits per heavy atom. The maximum absolute atomic E-state index is 11.2. The molecule has 0 aromatic carbocycles. The average molecular weight is 200 g/mol. The summed E-state index contributed by atoms with van der Waals surface area (Å²) in [5, 5.41) is 0. The Kier molecular flexibility index (Phi) is 3.29. The summed E-state index contributed by atoms with van der Waals surface area (Å²) in [6.45, 7) is 9.70. The Bertz CT molecular complexity index is 245. The molecular weight excluding hydrogens is 184 g/mol. The third-order valence-corrected chi connectivity index (χ3v) is 1.96. The molecular formula is C10H16O4. The lowest BCUT2D eigenvalue weighted by atomic mass is 10.1. The molecule has 0 spiro atoms. The van der Waals surface area contributed by atoms with Crippen LogP contribution in [0.15, 0.2) is 12.2 Å². The second-order valence-electron chi connectivity index (χ2n) is 3.84. The number of hydrogen-bond donors (Lipinski definition) is 0. The fourth-order valence-electron chi connectivity index (χ4n) is 1.10. The van der Waals surface area contributed by atoms with E-state index in [0.29, 0.717) is 18.8 Å². The van der Waals surface area contributed by atoms with Crippen LogP contribution in [0.4, 0.5) is 0 Å². The molecule has 14 heavy (non-hydrogen) atoms. The molecule has 1 aliphatic heterocycles. The lowest BCUT2D eigenvalue weighted by Gasteiger charge is -2.37. The first-order chi connectivity index (χ1) is 6.43. The predicted molar refractivity (Wildman–Crippen MR) is 50.7 cm³/mol. The summed E-state index contributed by atoms with van der Waals surface area (Å²) in [6.07, 6.45) is -0.652. The van der Waals surface area contributed by atoms with Crippen molar-refractivity contribution in [3.05, 3.63) is 12.2 Å². The highest BCUT2D eigenvalue weighted by atomic mass is 16.7. The van der Waals surface area contributed by atoms with Gasteiger partial charge in [0.15, 0.2) is 0 Å². The van der Waals surface area contributed by atoms with Crippen molar-refractivity contribution in [3.63, 3.8) is 0 Å². The molecule has 4 heteroatoms. The van der Waals surface area contributed by atoms with Gasteiger partial charge in [0.05, 0.1) is 13.2 Å². The number of rotatable bonds is 2. The fourth-order valence-corrected chi connectivity index (χ4v) is 1.10. The summed E-state index contributed by atoms with van der Waals surface area (Å²) < 4.78 is 15.8. The van der Waals surface area contributed by atoms with Gasteiger partial charge in [-0.3, -0.25) is 0 Å². The summed E-state index contributed by atoms with van der Waals surface area (Å²) in [7, 11) is 0. The van der Waals surface area contributed by atoms with Crippen LogP contribution in [-0.4, -0.2) is 31.1 Å². The zero-order chi connectivity index (χ0) is 10.8. The smallest absolute Gasteiger partial charge is 0.335 e. The van der Waals surface area contributed by atoms with Crippen molar-refractivity contribution in [3.8, 4) is 0 Å². The lowest BCUT2D eigenvalue weighted by Crippen LogP contribution is -2.48. The third kappa shape index (κ3) is 2.56. The molecule has 0 aliphatic carbocycles. The number of ether oxygens (including phenoxy) is 3. The van der Waals surface area contributed by atoms with Gasteiger partial charge in [-0.05, 0) is 20.8 Å². The maximum Gasteiger partial charge on any atom is 0.335 e.